The molecule has 0 spiro atoms. The zero-order chi connectivity index (χ0) is 13.1. The molecule has 0 aliphatic heterocycles. The molecular weight excluding hydrogens is 230 g/mol. The van der Waals surface area contributed by atoms with Crippen molar-refractivity contribution in [3.8, 4) is 0 Å². The Morgan fingerprint density at radius 3 is 2.00 bits per heavy atom. The summed E-state index contributed by atoms with van der Waals surface area (Å²) in [5, 5.41) is 0. The van der Waals surface area contributed by atoms with Gasteiger partial charge >= 0.3 is 0 Å². The standard InChI is InChI=1S/C13H29NO2Si/c1-5-8-10-14(11-9-6-2)17(16-7-3)12-13(4)15/h17H,5-12H2,1-4H3. The first kappa shape index (κ1) is 16.8. The van der Waals surface area contributed by atoms with Crippen molar-refractivity contribution in [3.05, 3.63) is 0 Å². The van der Waals surface area contributed by atoms with Gasteiger partial charge in [-0.1, -0.05) is 26.7 Å². The average Bonchev–Trinajstić information content (AvgIpc) is 2.28. The highest BCUT2D eigenvalue weighted by Gasteiger charge is 2.22. The van der Waals surface area contributed by atoms with Crippen molar-refractivity contribution in [1.29, 1.82) is 0 Å². The summed E-state index contributed by atoms with van der Waals surface area (Å²) in [6.45, 7) is 11.1. The molecule has 17 heavy (non-hydrogen) atoms. The Morgan fingerprint density at radius 2 is 1.65 bits per heavy atom. The van der Waals surface area contributed by atoms with E-state index < -0.39 is 9.20 Å². The van der Waals surface area contributed by atoms with Crippen LogP contribution in [0, 0.1) is 0 Å². The Kier molecular flexibility index (Phi) is 10.8. The van der Waals surface area contributed by atoms with Gasteiger partial charge < -0.3 is 13.8 Å². The molecule has 1 atom stereocenters. The van der Waals surface area contributed by atoms with Crippen LogP contribution in [0.3, 0.4) is 0 Å². The van der Waals surface area contributed by atoms with Crippen LogP contribution in [0.1, 0.15) is 53.4 Å². The number of Topliss-reactive ketones (excluding diaryl/α,β-unsaturated/α-hetero) is 1. The van der Waals surface area contributed by atoms with Gasteiger partial charge in [-0.15, -0.1) is 0 Å². The van der Waals surface area contributed by atoms with Crippen LogP contribution in [-0.4, -0.2) is 39.2 Å². The van der Waals surface area contributed by atoms with Gasteiger partial charge in [0.1, 0.15) is 5.78 Å². The van der Waals surface area contributed by atoms with Crippen molar-refractivity contribution < 1.29 is 9.22 Å². The lowest BCUT2D eigenvalue weighted by atomic mass is 10.3. The highest BCUT2D eigenvalue weighted by Crippen LogP contribution is 2.08. The van der Waals surface area contributed by atoms with Crippen LogP contribution >= 0.6 is 0 Å². The first-order chi connectivity index (χ1) is 8.15. The summed E-state index contributed by atoms with van der Waals surface area (Å²) in [6, 6.07) is 0.654. The fourth-order valence-electron chi connectivity index (χ4n) is 1.85. The summed E-state index contributed by atoms with van der Waals surface area (Å²) in [4.78, 5) is 11.3. The van der Waals surface area contributed by atoms with Gasteiger partial charge in [0.15, 0.2) is 0 Å². The quantitative estimate of drug-likeness (QED) is 0.534. The zero-order valence-electron chi connectivity index (χ0n) is 12.0. The summed E-state index contributed by atoms with van der Waals surface area (Å²) < 4.78 is 8.32. The Labute approximate surface area is 108 Å². The number of nitrogens with zero attached hydrogens (tertiary/aromatic N) is 1. The van der Waals surface area contributed by atoms with E-state index in [4.69, 9.17) is 4.43 Å². The number of ketones is 1. The predicted octanol–water partition coefficient (Wildman–Crippen LogP) is 2.73. The molecule has 102 valence electrons. The minimum Gasteiger partial charge on any atom is -0.405 e. The van der Waals surface area contributed by atoms with Gasteiger partial charge in [-0.25, -0.2) is 0 Å². The van der Waals surface area contributed by atoms with E-state index in [1.807, 2.05) is 6.92 Å². The number of rotatable bonds is 11. The molecule has 0 N–H and O–H groups in total. The molecule has 0 radical (unpaired) electrons. The molecule has 0 fully saturated rings. The predicted molar refractivity (Wildman–Crippen MR) is 75.7 cm³/mol. The van der Waals surface area contributed by atoms with Crippen molar-refractivity contribution in [1.82, 2.24) is 4.57 Å². The fraction of sp³-hybridized carbons (Fsp3) is 0.923. The molecule has 0 rings (SSSR count). The number of carbonyl (C=O) groups excluding carboxylic acids is 1. The van der Waals surface area contributed by atoms with Gasteiger partial charge in [0, 0.05) is 12.7 Å². The van der Waals surface area contributed by atoms with E-state index in [-0.39, 0.29) is 5.78 Å². The highest BCUT2D eigenvalue weighted by atomic mass is 28.3. The maximum absolute atomic E-state index is 11.3. The summed E-state index contributed by atoms with van der Waals surface area (Å²) in [5.74, 6) is 0.271. The molecule has 0 aromatic carbocycles. The number of unbranched alkanes of at least 4 members (excludes halogenated alkanes) is 2. The Morgan fingerprint density at radius 1 is 1.12 bits per heavy atom. The number of hydrogen-bond donors (Lipinski definition) is 0. The maximum Gasteiger partial charge on any atom is 0.262 e. The third-order valence-electron chi connectivity index (χ3n) is 2.83. The van der Waals surface area contributed by atoms with Crippen molar-refractivity contribution in [3.63, 3.8) is 0 Å². The molecule has 0 amide bonds. The molecule has 0 aliphatic carbocycles. The summed E-state index contributed by atoms with van der Waals surface area (Å²) in [5.41, 5.74) is 0. The lowest BCUT2D eigenvalue weighted by molar-refractivity contribution is -0.115. The van der Waals surface area contributed by atoms with Gasteiger partial charge in [-0.3, -0.25) is 0 Å². The molecule has 1 unspecified atom stereocenters. The second-order valence-electron chi connectivity index (χ2n) is 4.56. The van der Waals surface area contributed by atoms with E-state index in [1.165, 1.54) is 25.7 Å². The van der Waals surface area contributed by atoms with E-state index in [0.29, 0.717) is 6.04 Å². The summed E-state index contributed by atoms with van der Waals surface area (Å²) in [6.07, 6.45) is 4.82. The lowest BCUT2D eigenvalue weighted by Gasteiger charge is -2.29. The van der Waals surface area contributed by atoms with Crippen LogP contribution < -0.4 is 0 Å². The van der Waals surface area contributed by atoms with Crippen molar-refractivity contribution >= 4 is 15.0 Å². The third-order valence-corrected chi connectivity index (χ3v) is 5.80. The smallest absolute Gasteiger partial charge is 0.262 e. The minimum atomic E-state index is -1.49. The summed E-state index contributed by atoms with van der Waals surface area (Å²) >= 11 is 0. The average molecular weight is 259 g/mol. The van der Waals surface area contributed by atoms with E-state index in [2.05, 4.69) is 18.4 Å². The lowest BCUT2D eigenvalue weighted by Crippen LogP contribution is -2.44. The van der Waals surface area contributed by atoms with Gasteiger partial charge in [-0.2, -0.15) is 0 Å². The minimum absolute atomic E-state index is 0.271. The molecule has 0 aromatic rings. The first-order valence-corrected chi connectivity index (χ1v) is 8.81. The van der Waals surface area contributed by atoms with E-state index in [0.717, 1.165) is 19.7 Å². The molecule has 0 aliphatic rings. The van der Waals surface area contributed by atoms with Crippen molar-refractivity contribution in [2.45, 2.75) is 59.4 Å². The molecule has 0 aromatic heterocycles. The maximum atomic E-state index is 11.3. The SMILES string of the molecule is CCCCN(CCCC)[SiH](CC(C)=O)OCC. The summed E-state index contributed by atoms with van der Waals surface area (Å²) in [7, 11) is -1.49. The first-order valence-electron chi connectivity index (χ1n) is 7.00. The Hall–Kier alpha value is -0.193. The topological polar surface area (TPSA) is 29.5 Å². The van der Waals surface area contributed by atoms with E-state index in [9.17, 15) is 4.79 Å². The van der Waals surface area contributed by atoms with Crippen LogP contribution in [0.15, 0.2) is 0 Å². The zero-order valence-corrected chi connectivity index (χ0v) is 13.2. The third kappa shape index (κ3) is 8.52. The van der Waals surface area contributed by atoms with Crippen LogP contribution in [-0.2, 0) is 9.22 Å². The van der Waals surface area contributed by atoms with E-state index >= 15 is 0 Å². The number of carbonyl (C=O) groups is 1. The van der Waals surface area contributed by atoms with Gasteiger partial charge in [-0.05, 0) is 39.8 Å². The normalized spacial score (nSPS) is 13.0. The van der Waals surface area contributed by atoms with Crippen molar-refractivity contribution in [2.75, 3.05) is 19.7 Å². The molecule has 0 bridgehead atoms. The van der Waals surface area contributed by atoms with Crippen LogP contribution in [0.5, 0.6) is 0 Å². The molecule has 3 nitrogen and oxygen atoms in total. The second kappa shape index (κ2) is 10.9. The van der Waals surface area contributed by atoms with Crippen LogP contribution in [0.25, 0.3) is 0 Å². The Bertz CT molecular complexity index is 192. The fourth-order valence-corrected chi connectivity index (χ4v) is 4.26. The van der Waals surface area contributed by atoms with Crippen molar-refractivity contribution in [2.24, 2.45) is 0 Å². The van der Waals surface area contributed by atoms with Gasteiger partial charge in [0.05, 0.1) is 0 Å². The van der Waals surface area contributed by atoms with Gasteiger partial charge in [0.25, 0.3) is 9.20 Å². The van der Waals surface area contributed by atoms with Gasteiger partial charge in [0.2, 0.25) is 0 Å². The molecule has 4 heteroatoms. The number of hydrogen-bond acceptors (Lipinski definition) is 3. The molecular formula is C13H29NO2Si. The van der Waals surface area contributed by atoms with Crippen LogP contribution in [0.2, 0.25) is 6.04 Å². The Balaban J connectivity index is 4.36. The second-order valence-corrected chi connectivity index (χ2v) is 6.94. The highest BCUT2D eigenvalue weighted by molar-refractivity contribution is 6.53. The van der Waals surface area contributed by atoms with E-state index in [1.54, 1.807) is 6.92 Å². The molecule has 0 saturated heterocycles. The van der Waals surface area contributed by atoms with Crippen LogP contribution in [0.4, 0.5) is 0 Å². The largest absolute Gasteiger partial charge is 0.405 e. The molecule has 0 heterocycles. The monoisotopic (exact) mass is 259 g/mol. The molecule has 0 saturated carbocycles.